The highest BCUT2D eigenvalue weighted by atomic mass is 19.1. The van der Waals surface area contributed by atoms with Crippen LogP contribution in [0, 0.1) is 0 Å². The molecule has 0 saturated carbocycles. The standard InChI is InChI=1S/C18H36FN3O6/c1-17(2,3)28-16(24)22-7-9-26-11-10-25-8-6-21-15(23)13-27-18(4,5)14(19)12-20/h14H,6-13,20H2,1-5H3,(H,21,23)(H,22,24). The summed E-state index contributed by atoms with van der Waals surface area (Å²) in [6, 6.07) is 0. The summed E-state index contributed by atoms with van der Waals surface area (Å²) in [4.78, 5) is 23.0. The van der Waals surface area contributed by atoms with Gasteiger partial charge in [-0.05, 0) is 34.6 Å². The Bertz CT molecular complexity index is 457. The highest BCUT2D eigenvalue weighted by Gasteiger charge is 2.30. The molecule has 0 heterocycles. The summed E-state index contributed by atoms with van der Waals surface area (Å²) in [5.74, 6) is -0.356. The van der Waals surface area contributed by atoms with Gasteiger partial charge >= 0.3 is 6.09 Å². The largest absolute Gasteiger partial charge is 0.444 e. The van der Waals surface area contributed by atoms with Gasteiger partial charge in [-0.15, -0.1) is 0 Å². The van der Waals surface area contributed by atoms with Crippen molar-refractivity contribution in [1.82, 2.24) is 10.6 Å². The molecule has 0 aliphatic carbocycles. The van der Waals surface area contributed by atoms with Crippen molar-refractivity contribution in [2.45, 2.75) is 52.0 Å². The van der Waals surface area contributed by atoms with E-state index < -0.39 is 23.5 Å². The van der Waals surface area contributed by atoms with Crippen molar-refractivity contribution in [3.63, 3.8) is 0 Å². The summed E-state index contributed by atoms with van der Waals surface area (Å²) >= 11 is 0. The lowest BCUT2D eigenvalue weighted by Crippen LogP contribution is -2.43. The Kier molecular flexibility index (Phi) is 12.9. The maximum Gasteiger partial charge on any atom is 0.407 e. The van der Waals surface area contributed by atoms with Crippen LogP contribution in [0.5, 0.6) is 0 Å². The molecule has 2 amide bonds. The molecule has 0 rings (SSSR count). The van der Waals surface area contributed by atoms with E-state index >= 15 is 0 Å². The number of carbonyl (C=O) groups excluding carboxylic acids is 2. The second-order valence-electron chi connectivity index (χ2n) is 7.60. The lowest BCUT2D eigenvalue weighted by molar-refractivity contribution is -0.135. The van der Waals surface area contributed by atoms with Crippen LogP contribution in [-0.2, 0) is 23.7 Å². The van der Waals surface area contributed by atoms with Crippen LogP contribution in [0.15, 0.2) is 0 Å². The van der Waals surface area contributed by atoms with E-state index in [9.17, 15) is 14.0 Å². The molecule has 9 nitrogen and oxygen atoms in total. The molecular weight excluding hydrogens is 373 g/mol. The summed E-state index contributed by atoms with van der Waals surface area (Å²) < 4.78 is 34.5. The third kappa shape index (κ3) is 14.6. The van der Waals surface area contributed by atoms with Crippen molar-refractivity contribution in [3.05, 3.63) is 0 Å². The van der Waals surface area contributed by atoms with Crippen LogP contribution in [0.1, 0.15) is 34.6 Å². The number of ether oxygens (including phenoxy) is 4. The van der Waals surface area contributed by atoms with Gasteiger partial charge in [0.2, 0.25) is 5.91 Å². The first kappa shape index (κ1) is 26.5. The lowest BCUT2D eigenvalue weighted by Gasteiger charge is -2.27. The van der Waals surface area contributed by atoms with E-state index in [-0.39, 0.29) is 19.1 Å². The fourth-order valence-corrected chi connectivity index (χ4v) is 1.80. The third-order valence-electron chi connectivity index (χ3n) is 3.39. The van der Waals surface area contributed by atoms with E-state index in [2.05, 4.69) is 10.6 Å². The van der Waals surface area contributed by atoms with Crippen LogP contribution >= 0.6 is 0 Å². The van der Waals surface area contributed by atoms with E-state index in [1.165, 1.54) is 0 Å². The molecule has 0 radical (unpaired) electrons. The molecule has 0 saturated heterocycles. The molecule has 0 bridgehead atoms. The lowest BCUT2D eigenvalue weighted by atomic mass is 10.0. The van der Waals surface area contributed by atoms with Crippen LogP contribution in [0.2, 0.25) is 0 Å². The number of carbonyl (C=O) groups is 2. The topological polar surface area (TPSA) is 121 Å². The Labute approximate surface area is 166 Å². The molecule has 0 spiro atoms. The predicted octanol–water partition coefficient (Wildman–Crippen LogP) is 0.753. The van der Waals surface area contributed by atoms with Crippen LogP contribution in [-0.4, -0.2) is 82.0 Å². The third-order valence-corrected chi connectivity index (χ3v) is 3.39. The van der Waals surface area contributed by atoms with Crippen molar-refractivity contribution in [2.24, 2.45) is 5.73 Å². The number of rotatable bonds is 14. The Hall–Kier alpha value is -1.49. The number of amides is 2. The van der Waals surface area contributed by atoms with Gasteiger partial charge in [0.15, 0.2) is 0 Å². The first-order chi connectivity index (χ1) is 13.0. The number of alkyl carbamates (subject to hydrolysis) is 1. The van der Waals surface area contributed by atoms with Crippen LogP contribution in [0.25, 0.3) is 0 Å². The molecule has 0 aliphatic rings. The van der Waals surface area contributed by atoms with E-state index in [0.717, 1.165) is 0 Å². The van der Waals surface area contributed by atoms with Gasteiger partial charge in [-0.25, -0.2) is 9.18 Å². The van der Waals surface area contributed by atoms with Crippen molar-refractivity contribution < 1.29 is 32.9 Å². The van der Waals surface area contributed by atoms with Crippen molar-refractivity contribution in [3.8, 4) is 0 Å². The number of nitrogens with one attached hydrogen (secondary N) is 2. The zero-order valence-electron chi connectivity index (χ0n) is 17.6. The fourth-order valence-electron chi connectivity index (χ4n) is 1.80. The summed E-state index contributed by atoms with van der Waals surface area (Å²) in [7, 11) is 0. The molecule has 0 aromatic carbocycles. The van der Waals surface area contributed by atoms with E-state index in [1.807, 2.05) is 0 Å². The number of hydrogen-bond donors (Lipinski definition) is 3. The maximum atomic E-state index is 13.5. The fraction of sp³-hybridized carbons (Fsp3) is 0.889. The Morgan fingerprint density at radius 1 is 0.964 bits per heavy atom. The first-order valence-corrected chi connectivity index (χ1v) is 9.35. The second kappa shape index (κ2) is 13.6. The molecule has 0 aromatic rings. The maximum absolute atomic E-state index is 13.5. The quantitative estimate of drug-likeness (QED) is 0.362. The second-order valence-corrected chi connectivity index (χ2v) is 7.60. The summed E-state index contributed by atoms with van der Waals surface area (Å²) in [6.07, 6.45) is -1.83. The van der Waals surface area contributed by atoms with Gasteiger partial charge in [-0.2, -0.15) is 0 Å². The van der Waals surface area contributed by atoms with Gasteiger partial charge in [0.05, 0.1) is 32.0 Å². The minimum atomic E-state index is -1.34. The van der Waals surface area contributed by atoms with Crippen molar-refractivity contribution in [1.29, 1.82) is 0 Å². The average molecular weight is 409 g/mol. The van der Waals surface area contributed by atoms with Gasteiger partial charge in [-0.3, -0.25) is 4.79 Å². The van der Waals surface area contributed by atoms with Crippen molar-refractivity contribution in [2.75, 3.05) is 52.7 Å². The highest BCUT2D eigenvalue weighted by molar-refractivity contribution is 5.77. The molecule has 1 atom stereocenters. The van der Waals surface area contributed by atoms with Gasteiger partial charge in [0.1, 0.15) is 18.4 Å². The average Bonchev–Trinajstić information content (AvgIpc) is 2.59. The summed E-state index contributed by atoms with van der Waals surface area (Å²) in [5.41, 5.74) is 3.61. The molecule has 1 unspecified atom stereocenters. The van der Waals surface area contributed by atoms with Gasteiger partial charge in [0.25, 0.3) is 0 Å². The van der Waals surface area contributed by atoms with Gasteiger partial charge < -0.3 is 35.3 Å². The number of alkyl halides is 1. The Balaban J connectivity index is 3.53. The Morgan fingerprint density at radius 3 is 2.00 bits per heavy atom. The SMILES string of the molecule is CC(C)(C)OC(=O)NCCOCCOCCNC(=O)COC(C)(C)C(F)CN. The molecule has 0 aromatic heterocycles. The molecule has 166 valence electrons. The van der Waals surface area contributed by atoms with E-state index in [0.29, 0.717) is 39.5 Å². The highest BCUT2D eigenvalue weighted by Crippen LogP contribution is 2.16. The molecule has 4 N–H and O–H groups in total. The zero-order valence-corrected chi connectivity index (χ0v) is 17.6. The summed E-state index contributed by atoms with van der Waals surface area (Å²) in [6.45, 7) is 10.0. The minimum absolute atomic E-state index is 0.165. The van der Waals surface area contributed by atoms with Gasteiger partial charge in [-0.1, -0.05) is 0 Å². The summed E-state index contributed by atoms with van der Waals surface area (Å²) in [5, 5.41) is 5.19. The number of hydrogen-bond acceptors (Lipinski definition) is 7. The zero-order chi connectivity index (χ0) is 21.6. The van der Waals surface area contributed by atoms with E-state index in [4.69, 9.17) is 24.7 Å². The number of nitrogens with two attached hydrogens (primary N) is 1. The van der Waals surface area contributed by atoms with Crippen LogP contribution < -0.4 is 16.4 Å². The molecule has 0 fully saturated rings. The van der Waals surface area contributed by atoms with Crippen LogP contribution in [0.4, 0.5) is 9.18 Å². The Morgan fingerprint density at radius 2 is 1.50 bits per heavy atom. The normalized spacial score (nSPS) is 13.1. The van der Waals surface area contributed by atoms with Crippen LogP contribution in [0.3, 0.4) is 0 Å². The first-order valence-electron chi connectivity index (χ1n) is 9.35. The molecule has 10 heteroatoms. The minimum Gasteiger partial charge on any atom is -0.444 e. The van der Waals surface area contributed by atoms with Gasteiger partial charge in [0, 0.05) is 19.6 Å². The van der Waals surface area contributed by atoms with Crippen molar-refractivity contribution >= 4 is 12.0 Å². The molecular formula is C18H36FN3O6. The molecule has 0 aliphatic heterocycles. The predicted molar refractivity (Wildman–Crippen MR) is 103 cm³/mol. The molecule has 28 heavy (non-hydrogen) atoms. The number of halogens is 1. The van der Waals surface area contributed by atoms with E-state index in [1.54, 1.807) is 34.6 Å². The monoisotopic (exact) mass is 409 g/mol. The smallest absolute Gasteiger partial charge is 0.407 e.